The zero-order chi connectivity index (χ0) is 56.8. The number of aliphatic imine (C=N–C) groups is 2. The Morgan fingerprint density at radius 2 is 0.726 bits per heavy atom. The van der Waals surface area contributed by atoms with Crippen molar-refractivity contribution in [2.45, 2.75) is 23.9 Å². The third-order valence-electron chi connectivity index (χ3n) is 12.8. The first kappa shape index (κ1) is 68.3. The molecule has 0 saturated heterocycles. The molecule has 10 rings (SSSR count). The van der Waals surface area contributed by atoms with Gasteiger partial charge >= 0.3 is 139 Å². The first-order valence-corrected chi connectivity index (χ1v) is 28.7. The predicted octanol–water partition coefficient (Wildman–Crippen LogP) is -4.15. The molecule has 2 unspecified atom stereocenters. The molecule has 0 radical (unpaired) electrons. The molecule has 84 heavy (non-hydrogen) atoms. The van der Waals surface area contributed by atoms with E-state index in [-0.39, 0.29) is 163 Å². The van der Waals surface area contributed by atoms with Gasteiger partial charge < -0.3 is 36.1 Å². The fourth-order valence-electron chi connectivity index (χ4n) is 9.30. The van der Waals surface area contributed by atoms with Crippen molar-refractivity contribution < 1.29 is 197 Å². The van der Waals surface area contributed by atoms with Gasteiger partial charge in [-0.25, -0.2) is 16.8 Å². The molecule has 0 bridgehead atoms. The van der Waals surface area contributed by atoms with Crippen molar-refractivity contribution in [1.29, 1.82) is 0 Å². The molecule has 2 atom stereocenters. The molecule has 0 fully saturated rings. The monoisotopic (exact) mass is 1250 g/mol. The van der Waals surface area contributed by atoms with Crippen LogP contribution in [0.2, 0.25) is 0 Å². The van der Waals surface area contributed by atoms with Crippen molar-refractivity contribution in [3.05, 3.63) is 193 Å². The number of hydrogen-bond donors (Lipinski definition) is 2. The normalized spacial score (nSPS) is 17.5. The first-order valence-electron chi connectivity index (χ1n) is 23.4. The molecule has 0 heterocycles. The number of allylic oxidation sites excluding steroid dienone is 4. The fourth-order valence-corrected chi connectivity index (χ4v) is 10.8. The molecular formula is C54H36N4Na4O18S4. The summed E-state index contributed by atoms with van der Waals surface area (Å²) in [5.74, 6) is -4.78. The number of rotatable bonds is 16. The minimum absolute atomic E-state index is 0. The first-order chi connectivity index (χ1) is 37.9. The Hall–Kier alpha value is -4.86. The second-order valence-corrected chi connectivity index (χ2v) is 21.8. The molecule has 2 aliphatic carbocycles. The third-order valence-corrected chi connectivity index (χ3v) is 14.3. The standard InChI is InChI=1S/C54H40N4O18S4.4Na/c59-51(55-43-23-11-21-41-45(43)49(75-79(67,68)69)39-19-9-7-17-37(39)47(41)73-77(61,62)63)53(29-25-35(26-30-53)33-13-3-1-4-14-33)57-58-54(31-27-36(28-32-54)34-15-5-2-6-16-34)52(60)56-44-24-12-22-42-46(44)50(76-80(70,71)72)40-20-10-8-18-38(40)48(42)74-78(64,65)66;;;;/h1-29,31H,30,32H2,(H,55,59)(H,56,60)(H,61,62,63)(H,64,65,66)(H,67,68,69)(H,70,71,72);;;;/q;4*+1/p-4. The van der Waals surface area contributed by atoms with Crippen LogP contribution in [0.3, 0.4) is 0 Å². The third kappa shape index (κ3) is 15.1. The minimum Gasteiger partial charge on any atom is -0.860 e. The van der Waals surface area contributed by atoms with E-state index in [0.717, 1.165) is 0 Å². The topological polar surface area (TPSA) is 356 Å². The van der Waals surface area contributed by atoms with E-state index < -0.39 is 110 Å². The average molecular weight is 1250 g/mol. The molecule has 0 aliphatic heterocycles. The maximum atomic E-state index is 15.3. The number of benzene rings is 8. The maximum absolute atomic E-state index is 15.3. The van der Waals surface area contributed by atoms with Crippen molar-refractivity contribution in [3.63, 3.8) is 0 Å². The molecule has 0 spiro atoms. The number of hydrogen-bond acceptors (Lipinski definition) is 20. The largest absolute Gasteiger partial charge is 1.00 e. The van der Waals surface area contributed by atoms with Crippen molar-refractivity contribution in [3.8, 4) is 23.0 Å². The quantitative estimate of drug-likeness (QED) is 0.0176. The molecule has 0 amide bonds. The Balaban J connectivity index is 0.00000283. The van der Waals surface area contributed by atoms with Crippen LogP contribution in [-0.2, 0) is 41.6 Å². The van der Waals surface area contributed by atoms with E-state index in [1.807, 2.05) is 0 Å². The van der Waals surface area contributed by atoms with Crippen LogP contribution < -0.4 is 145 Å². The van der Waals surface area contributed by atoms with Crippen LogP contribution in [0.5, 0.6) is 23.0 Å². The van der Waals surface area contributed by atoms with Crippen molar-refractivity contribution >= 4 is 119 Å². The second-order valence-electron chi connectivity index (χ2n) is 17.8. The summed E-state index contributed by atoms with van der Waals surface area (Å²) < 4.78 is 163. The van der Waals surface area contributed by atoms with Gasteiger partial charge in [-0.05, 0) is 58.4 Å². The van der Waals surface area contributed by atoms with E-state index in [1.54, 1.807) is 85.0 Å². The molecule has 0 saturated carbocycles. The summed E-state index contributed by atoms with van der Waals surface area (Å²) in [7, 11) is -21.8. The van der Waals surface area contributed by atoms with E-state index in [1.165, 1.54) is 97.1 Å². The molecule has 2 N–H and O–H groups in total. The molecule has 8 aromatic rings. The minimum atomic E-state index is -5.53. The summed E-state index contributed by atoms with van der Waals surface area (Å²) >= 11 is 0. The molecule has 408 valence electrons. The Bertz CT molecular complexity index is 4300. The molecular weight excluding hydrogens is 1210 g/mol. The van der Waals surface area contributed by atoms with Crippen LogP contribution in [0.15, 0.2) is 202 Å². The molecule has 2 aliphatic rings. The van der Waals surface area contributed by atoms with E-state index in [4.69, 9.17) is 16.7 Å². The van der Waals surface area contributed by atoms with Gasteiger partial charge in [0.15, 0.2) is 23.0 Å². The fraction of sp³-hybridized carbons (Fsp3) is 0.0741. The zero-order valence-corrected chi connectivity index (χ0v) is 55.8. The van der Waals surface area contributed by atoms with E-state index >= 15 is 10.2 Å². The molecule has 0 aromatic heterocycles. The van der Waals surface area contributed by atoms with Gasteiger partial charge in [0.05, 0.1) is 22.1 Å². The summed E-state index contributed by atoms with van der Waals surface area (Å²) in [5, 5.41) is 37.6. The molecule has 30 heteroatoms. The van der Waals surface area contributed by atoms with Crippen LogP contribution in [-0.4, -0.2) is 74.8 Å². The molecule has 8 aromatic carbocycles. The average Bonchev–Trinajstić information content (AvgIpc) is 2.96. The van der Waals surface area contributed by atoms with E-state index in [9.17, 15) is 51.9 Å². The zero-order valence-electron chi connectivity index (χ0n) is 44.6. The maximum Gasteiger partial charge on any atom is 1.00 e. The van der Waals surface area contributed by atoms with Gasteiger partial charge in [-0.2, -0.15) is 27.1 Å². The van der Waals surface area contributed by atoms with Crippen LogP contribution in [0.25, 0.3) is 54.2 Å². The SMILES string of the molecule is O=S(=O)([O-])Oc1c2ccccc2c(OS(=O)(=O)O)c2c(N=C([O-])C3(N=NC4(C([O-])=Nc5cccc6c(OS(=O)(=O)[O-])c7ccccc7c(OS(=O)(=O)O)c56)C=CC(c5ccccc5)=CC4)C=CC(c4ccccc4)=CC3)cccc12.[Na+].[Na+].[Na+].[Na+]. The number of fused-ring (bicyclic) bond motifs is 4. The Kier molecular flexibility index (Phi) is 22.0. The van der Waals surface area contributed by atoms with Gasteiger partial charge in [0, 0.05) is 45.2 Å². The van der Waals surface area contributed by atoms with Gasteiger partial charge in [-0.15, -0.1) is 0 Å². The van der Waals surface area contributed by atoms with Gasteiger partial charge in [0.1, 0.15) is 11.1 Å². The van der Waals surface area contributed by atoms with Gasteiger partial charge in [-0.1, -0.05) is 158 Å². The summed E-state index contributed by atoms with van der Waals surface area (Å²) in [6.45, 7) is 0. The van der Waals surface area contributed by atoms with Crippen molar-refractivity contribution in [2.24, 2.45) is 20.2 Å². The van der Waals surface area contributed by atoms with Crippen LogP contribution >= 0.6 is 0 Å². The Morgan fingerprint density at radius 3 is 1.02 bits per heavy atom. The summed E-state index contributed by atoms with van der Waals surface area (Å²) in [4.78, 5) is 8.77. The summed E-state index contributed by atoms with van der Waals surface area (Å²) in [6.07, 6.45) is 8.43. The van der Waals surface area contributed by atoms with Gasteiger partial charge in [0.25, 0.3) is 20.8 Å². The summed E-state index contributed by atoms with van der Waals surface area (Å²) in [5.41, 5.74) is -2.58. The molecule has 22 nitrogen and oxygen atoms in total. The van der Waals surface area contributed by atoms with Crippen LogP contribution in [0, 0.1) is 0 Å². The van der Waals surface area contributed by atoms with Crippen LogP contribution in [0.4, 0.5) is 11.4 Å². The van der Waals surface area contributed by atoms with Gasteiger partial charge in [-0.3, -0.25) is 19.1 Å². The van der Waals surface area contributed by atoms with Crippen molar-refractivity contribution in [2.75, 3.05) is 0 Å². The number of azo groups is 1. The number of nitrogens with zero attached hydrogens (tertiary/aromatic N) is 4. The van der Waals surface area contributed by atoms with Gasteiger partial charge in [0.2, 0.25) is 0 Å². The van der Waals surface area contributed by atoms with E-state index in [0.29, 0.717) is 22.3 Å². The van der Waals surface area contributed by atoms with Crippen LogP contribution in [0.1, 0.15) is 24.0 Å². The second kappa shape index (κ2) is 27.0. The Morgan fingerprint density at radius 1 is 0.417 bits per heavy atom. The Labute approximate surface area is 569 Å². The summed E-state index contributed by atoms with van der Waals surface area (Å²) in [6, 6.07) is 36.0. The van der Waals surface area contributed by atoms with E-state index in [2.05, 4.69) is 20.2 Å². The van der Waals surface area contributed by atoms with Crippen molar-refractivity contribution in [1.82, 2.24) is 0 Å². The smallest absolute Gasteiger partial charge is 0.860 e. The predicted molar refractivity (Wildman–Crippen MR) is 289 cm³/mol.